The second kappa shape index (κ2) is 8.46. The monoisotopic (exact) mass is 411 g/mol. The Kier molecular flexibility index (Phi) is 5.75. The lowest BCUT2D eigenvalue weighted by Crippen LogP contribution is -2.38. The first-order chi connectivity index (χ1) is 14.5. The Balaban J connectivity index is 2.12. The van der Waals surface area contributed by atoms with Crippen LogP contribution in [0.3, 0.4) is 0 Å². The molecule has 0 heterocycles. The third kappa shape index (κ3) is 3.66. The highest BCUT2D eigenvalue weighted by Gasteiger charge is 2.48. The summed E-state index contributed by atoms with van der Waals surface area (Å²) in [5, 5.41) is 5.37. The number of rotatable bonds is 5. The summed E-state index contributed by atoms with van der Waals surface area (Å²) >= 11 is 0. The van der Waals surface area contributed by atoms with E-state index < -0.39 is 7.26 Å². The number of aryl methyl sites for hydroxylation is 3. The van der Waals surface area contributed by atoms with Gasteiger partial charge in [0.15, 0.2) is 0 Å². The SMILES string of the molecule is COc1cccc([P+](c2ccc(C)cc2)(c2ccc(C)cc2)c2ccc(C)cc2)c1. The fraction of sp³-hybridized carbons (Fsp3) is 0.143. The standard InChI is InChI=1S/C28H28OP/c1-21-8-14-25(15-9-21)30(26-16-10-22(2)11-17-26,27-18-12-23(3)13-19-27)28-7-5-6-24(20-28)29-4/h5-20H,1-4H3/q+1. The van der Waals surface area contributed by atoms with Crippen molar-refractivity contribution in [2.45, 2.75) is 20.8 Å². The maximum atomic E-state index is 5.63. The maximum absolute atomic E-state index is 5.63. The van der Waals surface area contributed by atoms with Crippen molar-refractivity contribution in [1.82, 2.24) is 0 Å². The minimum Gasteiger partial charge on any atom is -0.497 e. The van der Waals surface area contributed by atoms with Crippen molar-refractivity contribution in [2.24, 2.45) is 0 Å². The van der Waals surface area contributed by atoms with Crippen LogP contribution in [0.5, 0.6) is 5.75 Å². The molecule has 0 atom stereocenters. The van der Waals surface area contributed by atoms with Gasteiger partial charge in [0.05, 0.1) is 7.11 Å². The second-order valence-corrected chi connectivity index (χ2v) is 11.3. The lowest BCUT2D eigenvalue weighted by Gasteiger charge is -2.28. The highest BCUT2D eigenvalue weighted by molar-refractivity contribution is 8.01. The molecule has 0 saturated heterocycles. The zero-order valence-electron chi connectivity index (χ0n) is 18.1. The van der Waals surface area contributed by atoms with Gasteiger partial charge in [0.2, 0.25) is 0 Å². The van der Waals surface area contributed by atoms with E-state index in [1.165, 1.54) is 37.9 Å². The fourth-order valence-corrected chi connectivity index (χ4v) is 8.23. The van der Waals surface area contributed by atoms with E-state index in [1.54, 1.807) is 7.11 Å². The molecule has 0 unspecified atom stereocenters. The predicted octanol–water partition coefficient (Wildman–Crippen LogP) is 5.24. The van der Waals surface area contributed by atoms with E-state index in [1.807, 2.05) is 6.07 Å². The lowest BCUT2D eigenvalue weighted by atomic mass is 10.2. The maximum Gasteiger partial charge on any atom is 0.144 e. The molecule has 0 amide bonds. The molecule has 4 rings (SSSR count). The van der Waals surface area contributed by atoms with Gasteiger partial charge in [0, 0.05) is 6.07 Å². The first kappa shape index (κ1) is 20.4. The molecular formula is C28H28OP+. The van der Waals surface area contributed by atoms with Crippen molar-refractivity contribution in [3.63, 3.8) is 0 Å². The molecule has 0 aliphatic carbocycles. The van der Waals surface area contributed by atoms with Crippen LogP contribution in [-0.4, -0.2) is 7.11 Å². The molecule has 0 aliphatic rings. The van der Waals surface area contributed by atoms with Gasteiger partial charge >= 0.3 is 0 Å². The smallest absolute Gasteiger partial charge is 0.144 e. The topological polar surface area (TPSA) is 9.23 Å². The molecule has 0 N–H and O–H groups in total. The van der Waals surface area contributed by atoms with Gasteiger partial charge in [-0.3, -0.25) is 0 Å². The minimum atomic E-state index is -2.09. The van der Waals surface area contributed by atoms with Crippen molar-refractivity contribution < 1.29 is 4.74 Å². The van der Waals surface area contributed by atoms with E-state index in [-0.39, 0.29) is 0 Å². The van der Waals surface area contributed by atoms with E-state index in [2.05, 4.69) is 112 Å². The van der Waals surface area contributed by atoms with Crippen LogP contribution in [0.1, 0.15) is 16.7 Å². The summed E-state index contributed by atoms with van der Waals surface area (Å²) in [5.41, 5.74) is 3.82. The summed E-state index contributed by atoms with van der Waals surface area (Å²) in [6, 6.07) is 35.8. The van der Waals surface area contributed by atoms with Crippen LogP contribution < -0.4 is 26.0 Å². The van der Waals surface area contributed by atoms with Gasteiger partial charge in [-0.05, 0) is 69.3 Å². The minimum absolute atomic E-state index is 0.892. The van der Waals surface area contributed by atoms with E-state index in [0.717, 1.165) is 5.75 Å². The largest absolute Gasteiger partial charge is 0.497 e. The summed E-state index contributed by atoms with van der Waals surface area (Å²) in [5.74, 6) is 0.892. The Morgan fingerprint density at radius 1 is 0.500 bits per heavy atom. The summed E-state index contributed by atoms with van der Waals surface area (Å²) in [4.78, 5) is 0. The third-order valence-electron chi connectivity index (χ3n) is 5.70. The fourth-order valence-electron chi connectivity index (χ4n) is 4.02. The van der Waals surface area contributed by atoms with Gasteiger partial charge in [-0.25, -0.2) is 0 Å². The first-order valence-electron chi connectivity index (χ1n) is 10.3. The van der Waals surface area contributed by atoms with E-state index in [9.17, 15) is 0 Å². The van der Waals surface area contributed by atoms with E-state index in [4.69, 9.17) is 4.74 Å². The molecule has 4 aromatic carbocycles. The quantitative estimate of drug-likeness (QED) is 0.408. The van der Waals surface area contributed by atoms with Crippen molar-refractivity contribution >= 4 is 28.5 Å². The Labute approximate surface area is 180 Å². The average Bonchev–Trinajstić information content (AvgIpc) is 2.78. The van der Waals surface area contributed by atoms with Crippen LogP contribution in [0.15, 0.2) is 97.1 Å². The van der Waals surface area contributed by atoms with Crippen LogP contribution in [0, 0.1) is 20.8 Å². The van der Waals surface area contributed by atoms with Gasteiger partial charge < -0.3 is 4.74 Å². The number of methoxy groups -OCH3 is 1. The zero-order valence-corrected chi connectivity index (χ0v) is 19.0. The van der Waals surface area contributed by atoms with Crippen LogP contribution in [-0.2, 0) is 0 Å². The molecule has 30 heavy (non-hydrogen) atoms. The Bertz CT molecular complexity index is 1020. The first-order valence-corrected chi connectivity index (χ1v) is 12.1. The van der Waals surface area contributed by atoms with Crippen molar-refractivity contribution in [3.8, 4) is 5.75 Å². The lowest BCUT2D eigenvalue weighted by molar-refractivity contribution is 0.415. The summed E-state index contributed by atoms with van der Waals surface area (Å²) in [6.07, 6.45) is 0. The predicted molar refractivity (Wildman–Crippen MR) is 132 cm³/mol. The summed E-state index contributed by atoms with van der Waals surface area (Å²) in [6.45, 7) is 6.44. The van der Waals surface area contributed by atoms with Gasteiger partial charge in [0.25, 0.3) is 0 Å². The average molecular weight is 412 g/mol. The molecule has 0 spiro atoms. The van der Waals surface area contributed by atoms with Gasteiger partial charge in [-0.2, -0.15) is 0 Å². The number of benzene rings is 4. The zero-order chi connectivity index (χ0) is 21.1. The Morgan fingerprint density at radius 3 is 1.27 bits per heavy atom. The summed E-state index contributed by atoms with van der Waals surface area (Å²) in [7, 11) is -0.346. The van der Waals surface area contributed by atoms with Gasteiger partial charge in [-0.15, -0.1) is 0 Å². The third-order valence-corrected chi connectivity index (χ3v) is 9.98. The molecule has 0 aromatic heterocycles. The Morgan fingerprint density at radius 2 is 0.900 bits per heavy atom. The van der Waals surface area contributed by atoms with Crippen molar-refractivity contribution in [1.29, 1.82) is 0 Å². The molecule has 4 aromatic rings. The van der Waals surface area contributed by atoms with Crippen LogP contribution in [0.25, 0.3) is 0 Å². The van der Waals surface area contributed by atoms with Gasteiger partial charge in [-0.1, -0.05) is 59.2 Å². The molecule has 0 radical (unpaired) electrons. The second-order valence-electron chi connectivity index (χ2n) is 7.88. The number of ether oxygens (including phenoxy) is 1. The number of hydrogen-bond donors (Lipinski definition) is 0. The molecule has 2 heteroatoms. The molecule has 0 saturated carbocycles. The highest BCUT2D eigenvalue weighted by Crippen LogP contribution is 2.54. The molecular weight excluding hydrogens is 383 g/mol. The van der Waals surface area contributed by atoms with Gasteiger partial charge in [0.1, 0.15) is 34.2 Å². The van der Waals surface area contributed by atoms with Crippen LogP contribution >= 0.6 is 7.26 Å². The summed E-state index contributed by atoms with van der Waals surface area (Å²) < 4.78 is 5.63. The molecule has 150 valence electrons. The molecule has 0 aliphatic heterocycles. The van der Waals surface area contributed by atoms with E-state index >= 15 is 0 Å². The van der Waals surface area contributed by atoms with Crippen LogP contribution in [0.4, 0.5) is 0 Å². The number of hydrogen-bond acceptors (Lipinski definition) is 1. The Hall–Kier alpha value is -2.89. The van der Waals surface area contributed by atoms with Crippen molar-refractivity contribution in [2.75, 3.05) is 7.11 Å². The van der Waals surface area contributed by atoms with E-state index in [0.29, 0.717) is 0 Å². The van der Waals surface area contributed by atoms with Crippen LogP contribution in [0.2, 0.25) is 0 Å². The molecule has 0 fully saturated rings. The normalized spacial score (nSPS) is 11.3. The highest BCUT2D eigenvalue weighted by atomic mass is 31.2. The molecule has 1 nitrogen and oxygen atoms in total. The molecule has 0 bridgehead atoms. The van der Waals surface area contributed by atoms with Crippen molar-refractivity contribution in [3.05, 3.63) is 114 Å².